The van der Waals surface area contributed by atoms with E-state index >= 15 is 0 Å². The molecule has 0 radical (unpaired) electrons. The Bertz CT molecular complexity index is 319. The summed E-state index contributed by atoms with van der Waals surface area (Å²) in [6.45, 7) is 3.42. The normalized spacial score (nSPS) is 17.6. The molecule has 1 aromatic heterocycles. The van der Waals surface area contributed by atoms with E-state index in [9.17, 15) is 0 Å². The minimum Gasteiger partial charge on any atom is -0.314 e. The van der Waals surface area contributed by atoms with E-state index in [1.54, 1.807) is 11.3 Å². The van der Waals surface area contributed by atoms with Crippen molar-refractivity contribution in [3.8, 4) is 0 Å². The van der Waals surface area contributed by atoms with Gasteiger partial charge in [-0.2, -0.15) is 11.3 Å². The molecule has 1 aliphatic rings. The predicted octanol–water partition coefficient (Wildman–Crippen LogP) is 4.22. The molecule has 0 saturated heterocycles. The molecular weight excluding hydrogens is 282 g/mol. The van der Waals surface area contributed by atoms with E-state index in [0.717, 1.165) is 12.0 Å². The third-order valence-corrected chi connectivity index (χ3v) is 5.09. The van der Waals surface area contributed by atoms with Crippen LogP contribution in [0.5, 0.6) is 0 Å². The van der Waals surface area contributed by atoms with Gasteiger partial charge in [0.25, 0.3) is 0 Å². The van der Waals surface area contributed by atoms with Gasteiger partial charge in [0.15, 0.2) is 0 Å². The van der Waals surface area contributed by atoms with Crippen molar-refractivity contribution in [1.82, 2.24) is 5.32 Å². The van der Waals surface area contributed by atoms with Gasteiger partial charge in [0.05, 0.1) is 0 Å². The first-order valence-electron chi connectivity index (χ1n) is 6.25. The molecule has 0 bridgehead atoms. The first-order chi connectivity index (χ1) is 7.81. The zero-order valence-corrected chi connectivity index (χ0v) is 12.2. The van der Waals surface area contributed by atoms with Crippen LogP contribution in [-0.2, 0) is 6.42 Å². The molecule has 0 aliphatic heterocycles. The van der Waals surface area contributed by atoms with Gasteiger partial charge in [-0.3, -0.25) is 0 Å². The van der Waals surface area contributed by atoms with Crippen LogP contribution in [0.25, 0.3) is 0 Å². The Morgan fingerprint density at radius 3 is 2.88 bits per heavy atom. The lowest BCUT2D eigenvalue weighted by Crippen LogP contribution is -2.32. The van der Waals surface area contributed by atoms with Gasteiger partial charge in [0.2, 0.25) is 0 Å². The van der Waals surface area contributed by atoms with Crippen molar-refractivity contribution >= 4 is 27.3 Å². The Kier molecular flexibility index (Phi) is 4.86. The number of aryl methyl sites for hydroxylation is 1. The molecule has 0 aromatic carbocycles. The van der Waals surface area contributed by atoms with Gasteiger partial charge >= 0.3 is 0 Å². The second kappa shape index (κ2) is 6.18. The lowest BCUT2D eigenvalue weighted by Gasteiger charge is -2.17. The van der Waals surface area contributed by atoms with E-state index in [1.165, 1.54) is 48.7 Å². The molecule has 1 saturated carbocycles. The molecule has 1 unspecified atom stereocenters. The molecule has 0 spiro atoms. The standard InChI is InChI=1S/C13H20BrNS/c1-2-7-15-13(10-3-4-10)6-5-11-8-16-9-12(11)14/h8-10,13,15H,2-7H2,1H3. The Morgan fingerprint density at radius 2 is 2.31 bits per heavy atom. The second-order valence-corrected chi connectivity index (χ2v) is 6.28. The molecule has 90 valence electrons. The van der Waals surface area contributed by atoms with E-state index in [0.29, 0.717) is 0 Å². The Labute approximate surface area is 111 Å². The summed E-state index contributed by atoms with van der Waals surface area (Å²) < 4.78 is 1.29. The lowest BCUT2D eigenvalue weighted by molar-refractivity contribution is 0.436. The van der Waals surface area contributed by atoms with Gasteiger partial charge in [-0.1, -0.05) is 6.92 Å². The smallest absolute Gasteiger partial charge is 0.0314 e. The highest BCUT2D eigenvalue weighted by Crippen LogP contribution is 2.35. The van der Waals surface area contributed by atoms with Gasteiger partial charge in [-0.15, -0.1) is 0 Å². The number of thiophene rings is 1. The topological polar surface area (TPSA) is 12.0 Å². The van der Waals surface area contributed by atoms with Gasteiger partial charge in [0.1, 0.15) is 0 Å². The van der Waals surface area contributed by atoms with Gasteiger partial charge < -0.3 is 5.32 Å². The summed E-state index contributed by atoms with van der Waals surface area (Å²) in [4.78, 5) is 0. The molecule has 16 heavy (non-hydrogen) atoms. The summed E-state index contributed by atoms with van der Waals surface area (Å²) in [5.74, 6) is 0.962. The fourth-order valence-electron chi connectivity index (χ4n) is 2.13. The minimum absolute atomic E-state index is 0.756. The summed E-state index contributed by atoms with van der Waals surface area (Å²) in [6, 6.07) is 0.756. The summed E-state index contributed by atoms with van der Waals surface area (Å²) in [5.41, 5.74) is 1.48. The van der Waals surface area contributed by atoms with Crippen molar-refractivity contribution in [1.29, 1.82) is 0 Å². The average molecular weight is 302 g/mol. The van der Waals surface area contributed by atoms with Crippen LogP contribution in [0.4, 0.5) is 0 Å². The van der Waals surface area contributed by atoms with Crippen LogP contribution in [0.2, 0.25) is 0 Å². The molecule has 1 aromatic rings. The van der Waals surface area contributed by atoms with Gasteiger partial charge in [-0.25, -0.2) is 0 Å². The maximum atomic E-state index is 3.70. The Balaban J connectivity index is 1.79. The number of nitrogens with one attached hydrogen (secondary N) is 1. The molecule has 0 amide bonds. The predicted molar refractivity (Wildman–Crippen MR) is 75.1 cm³/mol. The van der Waals surface area contributed by atoms with Crippen LogP contribution in [0.1, 0.15) is 38.2 Å². The maximum Gasteiger partial charge on any atom is 0.0314 e. The van der Waals surface area contributed by atoms with Gasteiger partial charge in [-0.05, 0) is 71.4 Å². The maximum absolute atomic E-state index is 3.70. The first kappa shape index (κ1) is 12.6. The number of rotatable bonds is 7. The van der Waals surface area contributed by atoms with Crippen LogP contribution >= 0.6 is 27.3 Å². The van der Waals surface area contributed by atoms with Crippen molar-refractivity contribution in [2.24, 2.45) is 5.92 Å². The quantitative estimate of drug-likeness (QED) is 0.795. The summed E-state index contributed by atoms with van der Waals surface area (Å²) in [5, 5.41) is 8.15. The SMILES string of the molecule is CCCNC(CCc1cscc1Br)C1CC1. The zero-order chi connectivity index (χ0) is 11.4. The van der Waals surface area contributed by atoms with Crippen LogP contribution in [0, 0.1) is 5.92 Å². The molecule has 1 atom stereocenters. The van der Waals surface area contributed by atoms with Gasteiger partial charge in [0, 0.05) is 15.9 Å². The van der Waals surface area contributed by atoms with Crippen molar-refractivity contribution in [2.75, 3.05) is 6.54 Å². The molecule has 1 N–H and O–H groups in total. The lowest BCUT2D eigenvalue weighted by atomic mass is 10.0. The van der Waals surface area contributed by atoms with Crippen LogP contribution < -0.4 is 5.32 Å². The van der Waals surface area contributed by atoms with E-state index in [2.05, 4.69) is 38.9 Å². The third-order valence-electron chi connectivity index (χ3n) is 3.26. The largest absolute Gasteiger partial charge is 0.314 e. The van der Waals surface area contributed by atoms with Crippen LogP contribution in [0.3, 0.4) is 0 Å². The van der Waals surface area contributed by atoms with Crippen LogP contribution in [-0.4, -0.2) is 12.6 Å². The Morgan fingerprint density at radius 1 is 1.50 bits per heavy atom. The summed E-state index contributed by atoms with van der Waals surface area (Å²) in [7, 11) is 0. The number of hydrogen-bond acceptors (Lipinski definition) is 2. The number of hydrogen-bond donors (Lipinski definition) is 1. The molecule has 2 rings (SSSR count). The summed E-state index contributed by atoms with van der Waals surface area (Å²) in [6.07, 6.45) is 6.62. The van der Waals surface area contributed by atoms with Crippen molar-refractivity contribution in [2.45, 2.75) is 45.1 Å². The van der Waals surface area contributed by atoms with Crippen molar-refractivity contribution in [3.63, 3.8) is 0 Å². The Hall–Kier alpha value is 0.140. The van der Waals surface area contributed by atoms with E-state index < -0.39 is 0 Å². The van der Waals surface area contributed by atoms with Crippen molar-refractivity contribution in [3.05, 3.63) is 20.8 Å². The fraction of sp³-hybridized carbons (Fsp3) is 0.692. The highest BCUT2D eigenvalue weighted by molar-refractivity contribution is 9.10. The van der Waals surface area contributed by atoms with Crippen molar-refractivity contribution < 1.29 is 0 Å². The highest BCUT2D eigenvalue weighted by Gasteiger charge is 2.30. The summed E-state index contributed by atoms with van der Waals surface area (Å²) >= 11 is 5.40. The minimum atomic E-state index is 0.756. The van der Waals surface area contributed by atoms with E-state index in [1.807, 2.05) is 0 Å². The fourth-order valence-corrected chi connectivity index (χ4v) is 3.67. The molecule has 1 fully saturated rings. The molecule has 3 heteroatoms. The molecular formula is C13H20BrNS. The zero-order valence-electron chi connectivity index (χ0n) is 9.84. The van der Waals surface area contributed by atoms with Crippen LogP contribution in [0.15, 0.2) is 15.2 Å². The van der Waals surface area contributed by atoms with E-state index in [4.69, 9.17) is 0 Å². The highest BCUT2D eigenvalue weighted by atomic mass is 79.9. The molecule has 1 aliphatic carbocycles. The average Bonchev–Trinajstić information content (AvgIpc) is 3.04. The monoisotopic (exact) mass is 301 g/mol. The third kappa shape index (κ3) is 3.57. The van der Waals surface area contributed by atoms with E-state index in [-0.39, 0.29) is 0 Å². The number of halogens is 1. The molecule has 1 nitrogen and oxygen atoms in total. The second-order valence-electron chi connectivity index (χ2n) is 4.68. The first-order valence-corrected chi connectivity index (χ1v) is 7.98. The molecule has 1 heterocycles.